The van der Waals surface area contributed by atoms with Crippen molar-refractivity contribution in [2.45, 2.75) is 39.3 Å². The third-order valence-corrected chi connectivity index (χ3v) is 2.97. The lowest BCUT2D eigenvalue weighted by Crippen LogP contribution is -2.43. The fraction of sp³-hybridized carbons (Fsp3) is 0.467. The molecule has 0 aromatic heterocycles. The molecule has 1 rings (SSSR count). The molecule has 9 heteroatoms. The second-order valence-electron chi connectivity index (χ2n) is 5.33. The smallest absolute Gasteiger partial charge is 0.321 e. The van der Waals surface area contributed by atoms with Gasteiger partial charge >= 0.3 is 5.97 Å². The van der Waals surface area contributed by atoms with Crippen molar-refractivity contribution in [2.75, 3.05) is 11.9 Å². The van der Waals surface area contributed by atoms with E-state index in [0.717, 1.165) is 0 Å². The van der Waals surface area contributed by atoms with E-state index >= 15 is 0 Å². The molecular weight excluding hydrogens is 318 g/mol. The lowest BCUT2D eigenvalue weighted by atomic mass is 10.1. The van der Waals surface area contributed by atoms with Crippen LogP contribution in [0.5, 0.6) is 5.75 Å². The molecule has 132 valence electrons. The maximum Gasteiger partial charge on any atom is 0.321 e. The van der Waals surface area contributed by atoms with Crippen molar-refractivity contribution >= 4 is 23.3 Å². The van der Waals surface area contributed by atoms with Crippen LogP contribution in [0.1, 0.15) is 27.2 Å². The lowest BCUT2D eigenvalue weighted by molar-refractivity contribution is -0.384. The van der Waals surface area contributed by atoms with Gasteiger partial charge in [0.15, 0.2) is 0 Å². The van der Waals surface area contributed by atoms with Gasteiger partial charge in [-0.3, -0.25) is 19.7 Å². The molecule has 1 aromatic rings. The first kappa shape index (κ1) is 19.4. The van der Waals surface area contributed by atoms with E-state index in [1.54, 1.807) is 20.8 Å². The molecule has 0 fully saturated rings. The number of carbonyl (C=O) groups is 2. The summed E-state index contributed by atoms with van der Waals surface area (Å²) in [4.78, 5) is 33.7. The Bertz CT molecular complexity index is 617. The van der Waals surface area contributed by atoms with E-state index in [2.05, 4.69) is 10.6 Å². The average Bonchev–Trinajstić information content (AvgIpc) is 2.47. The zero-order valence-corrected chi connectivity index (χ0v) is 13.7. The number of nitro groups is 1. The van der Waals surface area contributed by atoms with Gasteiger partial charge in [-0.1, -0.05) is 13.8 Å². The minimum Gasteiger partial charge on any atom is -0.494 e. The number of nitro benzene ring substituents is 1. The van der Waals surface area contributed by atoms with Crippen LogP contribution in [0.25, 0.3) is 0 Å². The van der Waals surface area contributed by atoms with Gasteiger partial charge in [-0.05, 0) is 19.1 Å². The fourth-order valence-corrected chi connectivity index (χ4v) is 2.03. The largest absolute Gasteiger partial charge is 0.494 e. The summed E-state index contributed by atoms with van der Waals surface area (Å²) in [6, 6.07) is 2.85. The molecular formula is C15H21N3O6. The predicted molar refractivity (Wildman–Crippen MR) is 87.2 cm³/mol. The van der Waals surface area contributed by atoms with Crippen LogP contribution >= 0.6 is 0 Å². The molecule has 0 radical (unpaired) electrons. The van der Waals surface area contributed by atoms with Crippen LogP contribution in [-0.4, -0.2) is 40.6 Å². The number of nitrogens with zero attached hydrogens (tertiary/aromatic N) is 1. The number of ether oxygens (including phenoxy) is 1. The van der Waals surface area contributed by atoms with Crippen LogP contribution in [0.3, 0.4) is 0 Å². The zero-order valence-electron chi connectivity index (χ0n) is 13.7. The third-order valence-electron chi connectivity index (χ3n) is 2.97. The monoisotopic (exact) mass is 339 g/mol. The summed E-state index contributed by atoms with van der Waals surface area (Å²) in [5.74, 6) is -1.49. The molecule has 1 unspecified atom stereocenters. The minimum absolute atomic E-state index is 0.0119. The zero-order chi connectivity index (χ0) is 18.3. The van der Waals surface area contributed by atoms with Gasteiger partial charge in [-0.25, -0.2) is 0 Å². The van der Waals surface area contributed by atoms with Crippen molar-refractivity contribution in [2.24, 2.45) is 0 Å². The van der Waals surface area contributed by atoms with E-state index in [1.807, 2.05) is 0 Å². The minimum atomic E-state index is -1.17. The molecule has 1 amide bonds. The van der Waals surface area contributed by atoms with E-state index < -0.39 is 22.8 Å². The Kier molecular flexibility index (Phi) is 7.12. The Hall–Kier alpha value is -2.68. The van der Waals surface area contributed by atoms with E-state index in [1.165, 1.54) is 18.2 Å². The van der Waals surface area contributed by atoms with Crippen LogP contribution in [0.2, 0.25) is 0 Å². The molecule has 0 aliphatic carbocycles. The number of hydrogen-bond acceptors (Lipinski definition) is 6. The molecule has 0 aliphatic rings. The number of hydrogen-bond donors (Lipinski definition) is 3. The number of carboxylic acid groups (broad SMARTS) is 1. The van der Waals surface area contributed by atoms with Crippen LogP contribution in [0, 0.1) is 10.1 Å². The number of amides is 1. The molecule has 0 aliphatic heterocycles. The Morgan fingerprint density at radius 3 is 2.54 bits per heavy atom. The summed E-state index contributed by atoms with van der Waals surface area (Å²) in [6.07, 6.45) is -0.349. The van der Waals surface area contributed by atoms with Crippen LogP contribution in [0.15, 0.2) is 18.2 Å². The van der Waals surface area contributed by atoms with Gasteiger partial charge < -0.3 is 20.5 Å². The number of benzene rings is 1. The number of anilines is 1. The van der Waals surface area contributed by atoms with Gasteiger partial charge in [-0.2, -0.15) is 0 Å². The first-order chi connectivity index (χ1) is 11.2. The molecule has 1 atom stereocenters. The summed E-state index contributed by atoms with van der Waals surface area (Å²) in [6.45, 7) is 5.61. The molecule has 0 saturated carbocycles. The summed E-state index contributed by atoms with van der Waals surface area (Å²) in [5.41, 5.74) is -0.333. The maximum absolute atomic E-state index is 12.0. The summed E-state index contributed by atoms with van der Waals surface area (Å²) in [5, 5.41) is 25.4. The number of carbonyl (C=O) groups excluding carboxylic acids is 1. The quantitative estimate of drug-likeness (QED) is 0.461. The average molecular weight is 339 g/mol. The van der Waals surface area contributed by atoms with Gasteiger partial charge in [0.2, 0.25) is 5.91 Å². The van der Waals surface area contributed by atoms with Gasteiger partial charge in [0, 0.05) is 6.04 Å². The highest BCUT2D eigenvalue weighted by Gasteiger charge is 2.24. The van der Waals surface area contributed by atoms with Crippen molar-refractivity contribution in [3.63, 3.8) is 0 Å². The van der Waals surface area contributed by atoms with Crippen molar-refractivity contribution in [1.29, 1.82) is 0 Å². The summed E-state index contributed by atoms with van der Waals surface area (Å²) < 4.78 is 5.19. The van der Waals surface area contributed by atoms with E-state index in [0.29, 0.717) is 12.4 Å². The van der Waals surface area contributed by atoms with Crippen molar-refractivity contribution in [3.8, 4) is 5.75 Å². The lowest BCUT2D eigenvalue weighted by Gasteiger charge is -2.17. The van der Waals surface area contributed by atoms with Crippen molar-refractivity contribution in [3.05, 3.63) is 28.3 Å². The van der Waals surface area contributed by atoms with Crippen molar-refractivity contribution < 1.29 is 24.4 Å². The number of nitrogens with one attached hydrogen (secondary N) is 2. The first-order valence-electron chi connectivity index (χ1n) is 7.44. The second kappa shape index (κ2) is 8.82. The highest BCUT2D eigenvalue weighted by atomic mass is 16.6. The predicted octanol–water partition coefficient (Wildman–Crippen LogP) is 1.77. The highest BCUT2D eigenvalue weighted by molar-refractivity contribution is 5.96. The van der Waals surface area contributed by atoms with Gasteiger partial charge in [0.05, 0.1) is 24.0 Å². The summed E-state index contributed by atoms with van der Waals surface area (Å²) >= 11 is 0. The second-order valence-corrected chi connectivity index (χ2v) is 5.33. The van der Waals surface area contributed by atoms with Crippen LogP contribution in [0.4, 0.5) is 11.4 Å². The Balaban J connectivity index is 2.89. The first-order valence-corrected chi connectivity index (χ1v) is 7.44. The molecule has 9 nitrogen and oxygen atoms in total. The Morgan fingerprint density at radius 1 is 1.38 bits per heavy atom. The number of carboxylic acids is 1. The van der Waals surface area contributed by atoms with Gasteiger partial charge in [-0.15, -0.1) is 0 Å². The molecule has 1 aromatic carbocycles. The summed E-state index contributed by atoms with van der Waals surface area (Å²) in [7, 11) is 0. The number of rotatable bonds is 9. The highest BCUT2D eigenvalue weighted by Crippen LogP contribution is 2.29. The third kappa shape index (κ3) is 5.84. The normalized spacial score (nSPS) is 11.8. The van der Waals surface area contributed by atoms with Crippen molar-refractivity contribution in [1.82, 2.24) is 5.32 Å². The molecule has 0 spiro atoms. The maximum atomic E-state index is 12.0. The molecule has 0 saturated heterocycles. The molecule has 0 heterocycles. The standard InChI is InChI=1S/C15H21N3O6/c1-4-24-10-5-6-11(13(7-10)18(22)23)17-14(19)8-12(15(20)21)16-9(2)3/h5-7,9,12,16H,4,8H2,1-3H3,(H,17,19)(H,20,21). The molecule has 0 bridgehead atoms. The van der Waals surface area contributed by atoms with Crippen LogP contribution < -0.4 is 15.4 Å². The van der Waals surface area contributed by atoms with Crippen LogP contribution in [-0.2, 0) is 9.59 Å². The van der Waals surface area contributed by atoms with E-state index in [9.17, 15) is 19.7 Å². The van der Waals surface area contributed by atoms with E-state index in [4.69, 9.17) is 9.84 Å². The Morgan fingerprint density at radius 2 is 2.04 bits per heavy atom. The fourth-order valence-electron chi connectivity index (χ4n) is 2.03. The van der Waals surface area contributed by atoms with E-state index in [-0.39, 0.29) is 23.8 Å². The van der Waals surface area contributed by atoms with Gasteiger partial charge in [0.25, 0.3) is 5.69 Å². The topological polar surface area (TPSA) is 131 Å². The SMILES string of the molecule is CCOc1ccc(NC(=O)CC(NC(C)C)C(=O)O)c([N+](=O)[O-])c1. The molecule has 3 N–H and O–H groups in total. The molecule has 24 heavy (non-hydrogen) atoms. The van der Waals surface area contributed by atoms with Gasteiger partial charge in [0.1, 0.15) is 17.5 Å². The number of aliphatic carboxylic acids is 1. The Labute approximate surface area is 139 Å².